The predicted molar refractivity (Wildman–Crippen MR) is 131 cm³/mol. The number of H-pyrrole nitrogens is 1. The van der Waals surface area contributed by atoms with Gasteiger partial charge in [0.1, 0.15) is 11.6 Å². The molecule has 0 fully saturated rings. The first kappa shape index (κ1) is 24.0. The highest BCUT2D eigenvalue weighted by Gasteiger charge is 2.22. The molecule has 2 atom stereocenters. The van der Waals surface area contributed by atoms with E-state index in [-0.39, 0.29) is 12.0 Å². The molecule has 4 rings (SSSR count). The van der Waals surface area contributed by atoms with Gasteiger partial charge in [-0.15, -0.1) is 0 Å². The fourth-order valence-corrected chi connectivity index (χ4v) is 3.72. The number of amides is 1. The molecule has 8 heteroatoms. The number of para-hydroxylation sites is 2. The summed E-state index contributed by atoms with van der Waals surface area (Å²) in [5, 5.41) is 1.02. The summed E-state index contributed by atoms with van der Waals surface area (Å²) in [5.41, 5.74) is 4.75. The Kier molecular flexibility index (Phi) is 7.12. The highest BCUT2D eigenvalue weighted by atomic mass is 17.3. The molecule has 0 aliphatic carbocycles. The highest BCUT2D eigenvalue weighted by Crippen LogP contribution is 2.28. The molecule has 0 aliphatic rings. The van der Waals surface area contributed by atoms with Crippen molar-refractivity contribution in [3.8, 4) is 16.9 Å². The van der Waals surface area contributed by atoms with Crippen molar-refractivity contribution in [3.63, 3.8) is 0 Å². The molecule has 1 amide bonds. The van der Waals surface area contributed by atoms with Crippen molar-refractivity contribution >= 4 is 22.9 Å². The molecule has 0 saturated heterocycles. The average molecular weight is 474 g/mol. The Morgan fingerprint density at radius 3 is 2.11 bits per heavy atom. The number of aromatic amines is 1. The van der Waals surface area contributed by atoms with Crippen molar-refractivity contribution in [2.45, 2.75) is 39.8 Å². The number of nitrogens with zero attached hydrogens (tertiary/aromatic N) is 2. The Bertz CT molecular complexity index is 1280. The van der Waals surface area contributed by atoms with Crippen LogP contribution in [-0.2, 0) is 19.5 Å². The Balaban J connectivity index is 1.42. The molecule has 35 heavy (non-hydrogen) atoms. The lowest BCUT2D eigenvalue weighted by molar-refractivity contribution is -0.390. The summed E-state index contributed by atoms with van der Waals surface area (Å²) in [6.07, 6.45) is -0.229. The third-order valence-electron chi connectivity index (χ3n) is 5.58. The minimum absolute atomic E-state index is 0.229. The fourth-order valence-electron chi connectivity index (χ4n) is 3.72. The summed E-state index contributed by atoms with van der Waals surface area (Å²) in [7, 11) is 0. The van der Waals surface area contributed by atoms with Crippen LogP contribution in [0.5, 0.6) is 5.75 Å². The Hall–Kier alpha value is -4.17. The topological polar surface area (TPSA) is 93.8 Å². The van der Waals surface area contributed by atoms with Gasteiger partial charge in [0.2, 0.25) is 5.91 Å². The van der Waals surface area contributed by atoms with Gasteiger partial charge >= 0.3 is 5.97 Å². The first-order valence-electron chi connectivity index (χ1n) is 11.3. The fraction of sp³-hybridized carbons (Fsp3) is 0.222. The van der Waals surface area contributed by atoms with Gasteiger partial charge in [-0.05, 0) is 54.8 Å². The van der Waals surface area contributed by atoms with Crippen LogP contribution in [0.1, 0.15) is 51.2 Å². The maximum absolute atomic E-state index is 11.9. The van der Waals surface area contributed by atoms with Gasteiger partial charge in [0.15, 0.2) is 6.10 Å². The zero-order chi connectivity index (χ0) is 24.9. The summed E-state index contributed by atoms with van der Waals surface area (Å²) >= 11 is 0. The van der Waals surface area contributed by atoms with Gasteiger partial charge < -0.3 is 9.72 Å². The van der Waals surface area contributed by atoms with E-state index in [1.165, 1.54) is 13.8 Å². The van der Waals surface area contributed by atoms with E-state index in [2.05, 4.69) is 14.9 Å². The second-order valence-corrected chi connectivity index (χ2v) is 8.22. The van der Waals surface area contributed by atoms with E-state index in [0.717, 1.165) is 44.4 Å². The first-order chi connectivity index (χ1) is 16.8. The summed E-state index contributed by atoms with van der Waals surface area (Å²) in [6.45, 7) is 6.29. The van der Waals surface area contributed by atoms with Gasteiger partial charge in [0, 0.05) is 13.8 Å². The quantitative estimate of drug-likeness (QED) is 0.261. The monoisotopic (exact) mass is 473 g/mol. The molecule has 0 bridgehead atoms. The van der Waals surface area contributed by atoms with Gasteiger partial charge in [0.25, 0.3) is 0 Å². The molecular formula is C27H27N3O5. The molecule has 0 aliphatic heterocycles. The van der Waals surface area contributed by atoms with Crippen molar-refractivity contribution in [2.24, 2.45) is 0 Å². The zero-order valence-electron chi connectivity index (χ0n) is 20.0. The number of carbonyl (C=O) groups excluding carboxylic acids is 2. The molecule has 0 spiro atoms. The van der Waals surface area contributed by atoms with Crippen molar-refractivity contribution in [2.75, 3.05) is 0 Å². The molecular weight excluding hydrogens is 446 g/mol. The smallest absolute Gasteiger partial charge is 0.342 e. The lowest BCUT2D eigenvalue weighted by atomic mass is 10.0. The lowest BCUT2D eigenvalue weighted by Crippen LogP contribution is -2.32. The number of imidazole rings is 1. The van der Waals surface area contributed by atoms with E-state index in [9.17, 15) is 9.59 Å². The SMILES string of the molecule is CC(=O)OON(C(C)=O)C(C)c1ccc(-c2ccc(OC(C)c3nc4ccccc4[nH]3)cc2)cc1. The second-order valence-electron chi connectivity index (χ2n) is 8.22. The summed E-state index contributed by atoms with van der Waals surface area (Å²) in [5.74, 6) is 0.498. The van der Waals surface area contributed by atoms with Crippen LogP contribution in [0.15, 0.2) is 72.8 Å². The zero-order valence-corrected chi connectivity index (χ0v) is 20.0. The van der Waals surface area contributed by atoms with Crippen molar-refractivity contribution < 1.29 is 24.2 Å². The molecule has 2 unspecified atom stereocenters. The van der Waals surface area contributed by atoms with E-state index in [1.54, 1.807) is 6.92 Å². The number of aromatic nitrogens is 2. The standard InChI is InChI=1S/C27H27N3O5/c1-17(30(19(3)31)35-34-20(4)32)21-9-11-22(12-10-21)23-13-15-24(16-14-23)33-18(2)27-28-25-7-5-6-8-26(25)29-27/h5-18H,1-4H3,(H,28,29). The normalized spacial score (nSPS) is 12.7. The summed E-state index contributed by atoms with van der Waals surface area (Å²) in [4.78, 5) is 40.3. The molecule has 1 heterocycles. The molecule has 3 aromatic carbocycles. The van der Waals surface area contributed by atoms with E-state index in [4.69, 9.17) is 9.73 Å². The third kappa shape index (κ3) is 5.67. The Morgan fingerprint density at radius 2 is 1.51 bits per heavy atom. The van der Waals surface area contributed by atoms with Crippen LogP contribution in [0.2, 0.25) is 0 Å². The van der Waals surface area contributed by atoms with E-state index < -0.39 is 12.0 Å². The molecule has 0 saturated carbocycles. The highest BCUT2D eigenvalue weighted by molar-refractivity contribution is 5.75. The van der Waals surface area contributed by atoms with Gasteiger partial charge in [-0.1, -0.05) is 53.5 Å². The van der Waals surface area contributed by atoms with Crippen LogP contribution >= 0.6 is 0 Å². The number of ether oxygens (including phenoxy) is 1. The largest absolute Gasteiger partial charge is 0.483 e. The molecule has 4 aromatic rings. The molecule has 180 valence electrons. The molecule has 1 aromatic heterocycles. The van der Waals surface area contributed by atoms with Crippen LogP contribution in [0.25, 0.3) is 22.2 Å². The van der Waals surface area contributed by atoms with E-state index >= 15 is 0 Å². The number of hydroxylamine groups is 2. The van der Waals surface area contributed by atoms with Crippen molar-refractivity contribution in [3.05, 3.63) is 84.2 Å². The lowest BCUT2D eigenvalue weighted by Gasteiger charge is -2.24. The number of carbonyl (C=O) groups is 2. The number of rotatable bonds is 8. The third-order valence-corrected chi connectivity index (χ3v) is 5.58. The maximum atomic E-state index is 11.9. The molecule has 8 nitrogen and oxygen atoms in total. The van der Waals surface area contributed by atoms with Gasteiger partial charge in [-0.2, -0.15) is 5.06 Å². The average Bonchev–Trinajstić information content (AvgIpc) is 3.29. The number of fused-ring (bicyclic) bond motifs is 1. The number of nitrogens with one attached hydrogen (secondary N) is 1. The van der Waals surface area contributed by atoms with Crippen LogP contribution in [-0.4, -0.2) is 26.9 Å². The number of hydrogen-bond acceptors (Lipinski definition) is 6. The van der Waals surface area contributed by atoms with Crippen molar-refractivity contribution in [1.82, 2.24) is 15.0 Å². The van der Waals surface area contributed by atoms with Gasteiger partial charge in [0.05, 0.1) is 17.1 Å². The maximum Gasteiger partial charge on any atom is 0.342 e. The summed E-state index contributed by atoms with van der Waals surface area (Å²) in [6, 6.07) is 23.0. The first-order valence-corrected chi connectivity index (χ1v) is 11.3. The van der Waals surface area contributed by atoms with Crippen LogP contribution in [0.4, 0.5) is 0 Å². The minimum atomic E-state index is -0.641. The van der Waals surface area contributed by atoms with Crippen LogP contribution in [0, 0.1) is 0 Å². The Labute approximate surface area is 203 Å². The predicted octanol–water partition coefficient (Wildman–Crippen LogP) is 5.69. The number of benzene rings is 3. The van der Waals surface area contributed by atoms with Crippen molar-refractivity contribution in [1.29, 1.82) is 0 Å². The van der Waals surface area contributed by atoms with Gasteiger partial charge in [-0.3, -0.25) is 9.68 Å². The minimum Gasteiger partial charge on any atom is -0.483 e. The number of hydrogen-bond donors (Lipinski definition) is 1. The Morgan fingerprint density at radius 1 is 0.886 bits per heavy atom. The summed E-state index contributed by atoms with van der Waals surface area (Å²) < 4.78 is 6.08. The molecule has 1 N–H and O–H groups in total. The van der Waals surface area contributed by atoms with Crippen LogP contribution < -0.4 is 4.74 Å². The molecule has 0 radical (unpaired) electrons. The van der Waals surface area contributed by atoms with E-state index in [1.807, 2.05) is 79.7 Å². The van der Waals surface area contributed by atoms with E-state index in [0.29, 0.717) is 0 Å². The van der Waals surface area contributed by atoms with Gasteiger partial charge in [-0.25, -0.2) is 9.78 Å². The van der Waals surface area contributed by atoms with Crippen LogP contribution in [0.3, 0.4) is 0 Å². The second kappa shape index (κ2) is 10.4.